The number of hydrogen-bond acceptors (Lipinski definition) is 6. The summed E-state index contributed by atoms with van der Waals surface area (Å²) in [5, 5.41) is 16.4. The van der Waals surface area contributed by atoms with E-state index in [0.29, 0.717) is 11.9 Å². The number of amides is 1. The van der Waals surface area contributed by atoms with E-state index < -0.39 is 0 Å². The van der Waals surface area contributed by atoms with Crippen LogP contribution >= 0.6 is 11.8 Å². The van der Waals surface area contributed by atoms with Crippen molar-refractivity contribution in [2.45, 2.75) is 25.4 Å². The molecule has 0 radical (unpaired) electrons. The number of carbonyl (C=O) groups excluding carboxylic acids is 1. The SMILES string of the molecule is CSCCC(NC(=O)CCn1ncc(=O)c2ccccc21)c1nnc2ccccn12. The summed E-state index contributed by atoms with van der Waals surface area (Å²) in [5.74, 6) is 1.51. The summed E-state index contributed by atoms with van der Waals surface area (Å²) in [4.78, 5) is 24.7. The molecular formula is C21H22N6O2S. The van der Waals surface area contributed by atoms with E-state index in [0.717, 1.165) is 29.2 Å². The van der Waals surface area contributed by atoms with Gasteiger partial charge < -0.3 is 5.32 Å². The third-order valence-corrected chi connectivity index (χ3v) is 5.55. The molecule has 1 unspecified atom stereocenters. The van der Waals surface area contributed by atoms with E-state index in [-0.39, 0.29) is 23.8 Å². The van der Waals surface area contributed by atoms with Crippen molar-refractivity contribution >= 4 is 34.2 Å². The molecule has 0 bridgehead atoms. The van der Waals surface area contributed by atoms with Gasteiger partial charge in [0.05, 0.1) is 24.3 Å². The van der Waals surface area contributed by atoms with Crippen LogP contribution in [0.25, 0.3) is 16.6 Å². The third kappa shape index (κ3) is 4.20. The van der Waals surface area contributed by atoms with Crippen LogP contribution in [0.5, 0.6) is 0 Å². The summed E-state index contributed by atoms with van der Waals surface area (Å²) in [6.07, 6.45) is 6.23. The van der Waals surface area contributed by atoms with Gasteiger partial charge in [0.15, 0.2) is 11.5 Å². The maximum atomic E-state index is 12.7. The molecular weight excluding hydrogens is 400 g/mol. The van der Waals surface area contributed by atoms with Crippen LogP contribution in [-0.4, -0.2) is 42.3 Å². The number of aryl methyl sites for hydroxylation is 1. The molecule has 30 heavy (non-hydrogen) atoms. The van der Waals surface area contributed by atoms with Gasteiger partial charge in [0.2, 0.25) is 11.3 Å². The molecule has 4 aromatic rings. The lowest BCUT2D eigenvalue weighted by Crippen LogP contribution is -2.31. The fraction of sp³-hybridized carbons (Fsp3) is 0.286. The maximum absolute atomic E-state index is 12.7. The monoisotopic (exact) mass is 422 g/mol. The van der Waals surface area contributed by atoms with Gasteiger partial charge >= 0.3 is 0 Å². The van der Waals surface area contributed by atoms with E-state index in [1.54, 1.807) is 22.5 Å². The first-order valence-corrected chi connectivity index (χ1v) is 11.1. The molecule has 1 amide bonds. The number of pyridine rings is 1. The van der Waals surface area contributed by atoms with Crippen LogP contribution in [0.15, 0.2) is 59.7 Å². The molecule has 1 aromatic carbocycles. The number of rotatable bonds is 8. The van der Waals surface area contributed by atoms with Crippen LogP contribution in [-0.2, 0) is 11.3 Å². The Morgan fingerprint density at radius 3 is 2.87 bits per heavy atom. The first kappa shape index (κ1) is 20.1. The quantitative estimate of drug-likeness (QED) is 0.469. The van der Waals surface area contributed by atoms with Gasteiger partial charge in [-0.1, -0.05) is 18.2 Å². The van der Waals surface area contributed by atoms with E-state index in [9.17, 15) is 9.59 Å². The first-order chi connectivity index (χ1) is 14.7. The second kappa shape index (κ2) is 9.08. The molecule has 154 valence electrons. The zero-order valence-corrected chi connectivity index (χ0v) is 17.4. The fourth-order valence-electron chi connectivity index (χ4n) is 3.41. The lowest BCUT2D eigenvalue weighted by molar-refractivity contribution is -0.122. The molecule has 0 saturated heterocycles. The van der Waals surface area contributed by atoms with Crippen molar-refractivity contribution in [1.29, 1.82) is 0 Å². The van der Waals surface area contributed by atoms with Crippen LogP contribution in [0.1, 0.15) is 24.7 Å². The smallest absolute Gasteiger partial charge is 0.222 e. The van der Waals surface area contributed by atoms with Crippen molar-refractivity contribution in [3.63, 3.8) is 0 Å². The minimum Gasteiger partial charge on any atom is -0.346 e. The van der Waals surface area contributed by atoms with Gasteiger partial charge in [-0.15, -0.1) is 10.2 Å². The Kier molecular flexibility index (Phi) is 6.08. The molecule has 4 rings (SSSR count). The maximum Gasteiger partial charge on any atom is 0.222 e. The van der Waals surface area contributed by atoms with Crippen molar-refractivity contribution in [1.82, 2.24) is 29.7 Å². The number of carbonyl (C=O) groups is 1. The van der Waals surface area contributed by atoms with Gasteiger partial charge in [-0.05, 0) is 42.7 Å². The molecule has 1 atom stereocenters. The Bertz CT molecular complexity index is 1230. The molecule has 0 aliphatic carbocycles. The van der Waals surface area contributed by atoms with E-state index in [1.165, 1.54) is 6.20 Å². The Morgan fingerprint density at radius 1 is 1.17 bits per heavy atom. The first-order valence-electron chi connectivity index (χ1n) is 9.70. The molecule has 0 aliphatic heterocycles. The number of nitrogens with zero attached hydrogens (tertiary/aromatic N) is 5. The standard InChI is InChI=1S/C21H22N6O2S/c1-30-13-10-16(21-25-24-19-8-4-5-11-26(19)21)23-20(29)9-12-27-17-7-3-2-6-15(17)18(28)14-22-27/h2-8,11,14,16H,9-10,12-13H2,1H3,(H,23,29). The highest BCUT2D eigenvalue weighted by Crippen LogP contribution is 2.18. The predicted molar refractivity (Wildman–Crippen MR) is 117 cm³/mol. The van der Waals surface area contributed by atoms with Crippen LogP contribution in [0.2, 0.25) is 0 Å². The number of para-hydroxylation sites is 1. The molecule has 1 N–H and O–H groups in total. The van der Waals surface area contributed by atoms with Crippen LogP contribution in [0.4, 0.5) is 0 Å². The van der Waals surface area contributed by atoms with Crippen molar-refractivity contribution in [2.24, 2.45) is 0 Å². The van der Waals surface area contributed by atoms with Gasteiger partial charge in [-0.2, -0.15) is 16.9 Å². The molecule has 3 heterocycles. The molecule has 0 fully saturated rings. The zero-order valence-electron chi connectivity index (χ0n) is 16.6. The molecule has 0 aliphatic rings. The normalized spacial score (nSPS) is 12.3. The topological polar surface area (TPSA) is 94.2 Å². The minimum absolute atomic E-state index is 0.0987. The molecule has 9 heteroatoms. The Balaban J connectivity index is 1.50. The molecule has 0 spiro atoms. The Labute approximate surface area is 177 Å². The summed E-state index contributed by atoms with van der Waals surface area (Å²) >= 11 is 1.72. The number of benzene rings is 1. The van der Waals surface area contributed by atoms with Crippen molar-refractivity contribution in [3.8, 4) is 0 Å². The van der Waals surface area contributed by atoms with Crippen LogP contribution in [0, 0.1) is 0 Å². The largest absolute Gasteiger partial charge is 0.346 e. The van der Waals surface area contributed by atoms with Gasteiger partial charge in [-0.25, -0.2) is 0 Å². The van der Waals surface area contributed by atoms with Crippen molar-refractivity contribution in [2.75, 3.05) is 12.0 Å². The van der Waals surface area contributed by atoms with Gasteiger partial charge in [-0.3, -0.25) is 18.7 Å². The van der Waals surface area contributed by atoms with Gasteiger partial charge in [0.1, 0.15) is 0 Å². The van der Waals surface area contributed by atoms with E-state index in [1.807, 2.05) is 53.3 Å². The number of hydrogen-bond donors (Lipinski definition) is 1. The summed E-state index contributed by atoms with van der Waals surface area (Å²) < 4.78 is 3.60. The summed E-state index contributed by atoms with van der Waals surface area (Å²) in [5.41, 5.74) is 1.35. The lowest BCUT2D eigenvalue weighted by Gasteiger charge is -2.17. The summed E-state index contributed by atoms with van der Waals surface area (Å²) in [6, 6.07) is 12.8. The summed E-state index contributed by atoms with van der Waals surface area (Å²) in [7, 11) is 0. The minimum atomic E-state index is -0.235. The molecule has 0 saturated carbocycles. The number of thioether (sulfide) groups is 1. The van der Waals surface area contributed by atoms with Gasteiger partial charge in [0.25, 0.3) is 0 Å². The molecule has 8 nitrogen and oxygen atoms in total. The van der Waals surface area contributed by atoms with Crippen molar-refractivity contribution < 1.29 is 4.79 Å². The Hall–Kier alpha value is -3.20. The average molecular weight is 423 g/mol. The molecule has 3 aromatic heterocycles. The second-order valence-corrected chi connectivity index (χ2v) is 7.87. The van der Waals surface area contributed by atoms with E-state index in [2.05, 4.69) is 20.6 Å². The number of nitrogens with one attached hydrogen (secondary N) is 1. The van der Waals surface area contributed by atoms with Gasteiger partial charge in [0, 0.05) is 18.0 Å². The highest BCUT2D eigenvalue weighted by molar-refractivity contribution is 7.98. The number of aromatic nitrogens is 5. The van der Waals surface area contributed by atoms with E-state index >= 15 is 0 Å². The third-order valence-electron chi connectivity index (χ3n) is 4.91. The highest BCUT2D eigenvalue weighted by atomic mass is 32.2. The summed E-state index contributed by atoms with van der Waals surface area (Å²) in [6.45, 7) is 0.377. The van der Waals surface area contributed by atoms with E-state index in [4.69, 9.17) is 0 Å². The lowest BCUT2D eigenvalue weighted by atomic mass is 10.2. The Morgan fingerprint density at radius 2 is 2.00 bits per heavy atom. The van der Waals surface area contributed by atoms with Crippen LogP contribution in [0.3, 0.4) is 0 Å². The second-order valence-electron chi connectivity index (χ2n) is 6.89. The zero-order chi connectivity index (χ0) is 20.9. The van der Waals surface area contributed by atoms with Crippen LogP contribution < -0.4 is 10.7 Å². The fourth-order valence-corrected chi connectivity index (χ4v) is 3.88. The average Bonchev–Trinajstić information content (AvgIpc) is 3.20. The predicted octanol–water partition coefficient (Wildman–Crippen LogP) is 2.44. The highest BCUT2D eigenvalue weighted by Gasteiger charge is 2.20. The number of fused-ring (bicyclic) bond motifs is 2. The van der Waals surface area contributed by atoms with Crippen molar-refractivity contribution in [3.05, 3.63) is 70.9 Å².